The fourth-order valence-corrected chi connectivity index (χ4v) is 11.0. The highest BCUT2D eigenvalue weighted by Crippen LogP contribution is 2.69. The number of carbonyl (C=O) groups excluding carboxylic acids is 3. The monoisotopic (exact) mass is 670 g/mol. The molecule has 4 aromatic rings. The zero-order valence-corrected chi connectivity index (χ0v) is 26.0. The molecular formula is C33H26N4O8S2. The summed E-state index contributed by atoms with van der Waals surface area (Å²) in [6, 6.07) is 19.0. The lowest BCUT2D eigenvalue weighted by molar-refractivity contribution is -0.384. The summed E-state index contributed by atoms with van der Waals surface area (Å²) in [5, 5.41) is 24.1. The molecular weight excluding hydrogens is 645 g/mol. The third kappa shape index (κ3) is 4.73. The van der Waals surface area contributed by atoms with Gasteiger partial charge >= 0.3 is 4.87 Å². The Morgan fingerprint density at radius 2 is 1.70 bits per heavy atom. The number of aromatic nitrogens is 1. The van der Waals surface area contributed by atoms with Crippen LogP contribution in [0.2, 0.25) is 0 Å². The second-order valence-corrected chi connectivity index (χ2v) is 14.4. The van der Waals surface area contributed by atoms with Crippen LogP contribution in [0.5, 0.6) is 11.5 Å². The van der Waals surface area contributed by atoms with Crippen molar-refractivity contribution in [3.05, 3.63) is 103 Å². The van der Waals surface area contributed by atoms with Crippen molar-refractivity contribution in [1.82, 2.24) is 4.98 Å². The molecule has 0 spiro atoms. The maximum atomic E-state index is 14.0. The number of aromatic hydroxyl groups is 1. The quantitative estimate of drug-likeness (QED) is 0.109. The second-order valence-electron chi connectivity index (χ2n) is 12.2. The van der Waals surface area contributed by atoms with Crippen LogP contribution in [0.15, 0.2) is 82.6 Å². The van der Waals surface area contributed by atoms with Gasteiger partial charge in [-0.2, -0.15) is 0 Å². The van der Waals surface area contributed by atoms with Crippen molar-refractivity contribution < 1.29 is 29.2 Å². The molecule has 3 aromatic carbocycles. The van der Waals surface area contributed by atoms with Crippen molar-refractivity contribution >= 4 is 57.9 Å². The predicted octanol–water partition coefficient (Wildman–Crippen LogP) is 4.75. The number of carbonyl (C=O) groups is 3. The van der Waals surface area contributed by atoms with E-state index in [1.807, 2.05) is 18.2 Å². The third-order valence-electron chi connectivity index (χ3n) is 9.81. The van der Waals surface area contributed by atoms with Crippen molar-refractivity contribution in [3.8, 4) is 11.5 Å². The number of anilines is 2. The van der Waals surface area contributed by atoms with Gasteiger partial charge in [0.05, 0.1) is 27.5 Å². The van der Waals surface area contributed by atoms with E-state index in [9.17, 15) is 34.4 Å². The SMILES string of the molecule is O=C(COc1ccccc1[C@H]1c2sc(=O)[nH]c2SC2C1[C@H]1C[C@@H]2C2C(=O)N(c3ccc([N+](=O)[O-])cc3)C(=O)C21)Nc1ccc(O)cc1. The number of ether oxygens (including phenoxy) is 1. The Bertz CT molecular complexity index is 2010. The number of nitro groups is 1. The van der Waals surface area contributed by atoms with E-state index in [1.165, 1.54) is 41.3 Å². The summed E-state index contributed by atoms with van der Waals surface area (Å²) in [5.74, 6) is -2.14. The van der Waals surface area contributed by atoms with Crippen molar-refractivity contribution in [2.24, 2.45) is 29.6 Å². The lowest BCUT2D eigenvalue weighted by Crippen LogP contribution is -2.42. The van der Waals surface area contributed by atoms with Gasteiger partial charge in [0.25, 0.3) is 11.6 Å². The largest absolute Gasteiger partial charge is 0.508 e. The number of amides is 3. The van der Waals surface area contributed by atoms with Gasteiger partial charge in [0.1, 0.15) is 11.5 Å². The number of nitro benzene ring substituents is 1. The zero-order valence-electron chi connectivity index (χ0n) is 24.4. The molecule has 238 valence electrons. The first kappa shape index (κ1) is 29.5. The Morgan fingerprint density at radius 3 is 2.43 bits per heavy atom. The molecule has 12 nitrogen and oxygen atoms in total. The number of phenolic OH excluding ortho intramolecular Hbond substituents is 1. The molecule has 1 aromatic heterocycles. The predicted molar refractivity (Wildman–Crippen MR) is 173 cm³/mol. The molecule has 4 unspecified atom stereocenters. The minimum atomic E-state index is -0.548. The molecule has 3 N–H and O–H groups in total. The number of thioether (sulfide) groups is 1. The summed E-state index contributed by atoms with van der Waals surface area (Å²) in [6.45, 7) is -0.280. The Kier molecular flexibility index (Phi) is 6.95. The molecule has 8 rings (SSSR count). The van der Waals surface area contributed by atoms with E-state index >= 15 is 0 Å². The first-order chi connectivity index (χ1) is 22.7. The molecule has 3 heterocycles. The van der Waals surface area contributed by atoms with Crippen LogP contribution in [-0.4, -0.2) is 44.6 Å². The van der Waals surface area contributed by atoms with Crippen molar-refractivity contribution in [1.29, 1.82) is 0 Å². The summed E-state index contributed by atoms with van der Waals surface area (Å²) in [6.07, 6.45) is 0.691. The molecule has 2 aliphatic carbocycles. The normalized spacial score (nSPS) is 26.9. The van der Waals surface area contributed by atoms with E-state index in [2.05, 4.69) is 10.3 Å². The summed E-state index contributed by atoms with van der Waals surface area (Å²) in [4.78, 5) is 68.8. The van der Waals surface area contributed by atoms with E-state index in [0.29, 0.717) is 23.5 Å². The average molecular weight is 671 g/mol. The number of imide groups is 1. The van der Waals surface area contributed by atoms with Crippen LogP contribution >= 0.6 is 23.1 Å². The van der Waals surface area contributed by atoms with E-state index in [0.717, 1.165) is 26.8 Å². The van der Waals surface area contributed by atoms with Crippen LogP contribution in [0.3, 0.4) is 0 Å². The van der Waals surface area contributed by atoms with Crippen molar-refractivity contribution in [2.45, 2.75) is 22.6 Å². The highest BCUT2D eigenvalue weighted by Gasteiger charge is 2.69. The Morgan fingerprint density at radius 1 is 1.00 bits per heavy atom. The van der Waals surface area contributed by atoms with Gasteiger partial charge in [0.2, 0.25) is 11.8 Å². The number of aromatic amines is 1. The number of phenols is 1. The number of non-ortho nitro benzene ring substituents is 1. The second kappa shape index (κ2) is 11.1. The number of benzene rings is 3. The summed E-state index contributed by atoms with van der Waals surface area (Å²) >= 11 is 2.69. The topological polar surface area (TPSA) is 172 Å². The lowest BCUT2D eigenvalue weighted by Gasteiger charge is -2.43. The van der Waals surface area contributed by atoms with Gasteiger partial charge in [-0.3, -0.25) is 34.2 Å². The number of hydrogen-bond acceptors (Lipinski definition) is 10. The van der Waals surface area contributed by atoms with Gasteiger partial charge in [-0.05, 0) is 66.6 Å². The molecule has 2 bridgehead atoms. The first-order valence-corrected chi connectivity index (χ1v) is 16.7. The Balaban J connectivity index is 1.11. The van der Waals surface area contributed by atoms with Crippen LogP contribution < -0.4 is 19.8 Å². The van der Waals surface area contributed by atoms with Gasteiger partial charge in [0.15, 0.2) is 6.61 Å². The zero-order chi connectivity index (χ0) is 32.6. The molecule has 0 radical (unpaired) electrons. The van der Waals surface area contributed by atoms with E-state index in [-0.39, 0.29) is 63.7 Å². The number of para-hydroxylation sites is 1. The Labute approximate surface area is 274 Å². The maximum absolute atomic E-state index is 14.0. The van der Waals surface area contributed by atoms with Gasteiger partial charge < -0.3 is 20.1 Å². The van der Waals surface area contributed by atoms with Gasteiger partial charge in [-0.15, -0.1) is 11.8 Å². The fraction of sp³-hybridized carbons (Fsp3) is 0.273. The van der Waals surface area contributed by atoms with Crippen molar-refractivity contribution in [2.75, 3.05) is 16.8 Å². The summed E-state index contributed by atoms with van der Waals surface area (Å²) in [7, 11) is 0. The van der Waals surface area contributed by atoms with Crippen LogP contribution in [0.25, 0.3) is 0 Å². The molecule has 2 aliphatic heterocycles. The van der Waals surface area contributed by atoms with E-state index < -0.39 is 22.7 Å². The van der Waals surface area contributed by atoms with Gasteiger partial charge in [-0.25, -0.2) is 0 Å². The molecule has 1 saturated heterocycles. The Hall–Kier alpha value is -4.95. The molecule has 2 saturated carbocycles. The number of rotatable bonds is 7. The smallest absolute Gasteiger partial charge is 0.305 e. The minimum absolute atomic E-state index is 0.0524. The highest BCUT2D eigenvalue weighted by molar-refractivity contribution is 8.00. The minimum Gasteiger partial charge on any atom is -0.508 e. The van der Waals surface area contributed by atoms with E-state index in [4.69, 9.17) is 4.74 Å². The molecule has 3 amide bonds. The highest BCUT2D eigenvalue weighted by atomic mass is 32.2. The number of nitrogens with zero attached hydrogens (tertiary/aromatic N) is 2. The lowest BCUT2D eigenvalue weighted by atomic mass is 9.68. The summed E-state index contributed by atoms with van der Waals surface area (Å²) in [5.41, 5.74) is 1.50. The van der Waals surface area contributed by atoms with Crippen LogP contribution in [0.4, 0.5) is 17.1 Å². The number of H-pyrrole nitrogens is 1. The molecule has 14 heteroatoms. The van der Waals surface area contributed by atoms with Crippen LogP contribution in [0.1, 0.15) is 22.8 Å². The number of nitrogens with one attached hydrogen (secondary N) is 2. The standard InChI is InChI=1S/C33H26N4O8S2/c38-18-11-5-15(6-12-18)34-23(39)14-45-22-4-2-1-3-19(22)24-25-20-13-21(28(25)46-30-29(24)47-33(42)35-30)27-26(20)31(40)36(32(27)41)16-7-9-17(10-8-16)37(43)44/h1-12,20-21,24-28,38H,13-14H2,(H,34,39)(H,35,42)/t20-,21-,24-,25?,26?,27?,28?/m1/s1. The molecule has 47 heavy (non-hydrogen) atoms. The number of hydrogen-bond donors (Lipinski definition) is 3. The molecule has 4 aliphatic rings. The average Bonchev–Trinajstić information content (AvgIpc) is 3.80. The van der Waals surface area contributed by atoms with Crippen LogP contribution in [-0.2, 0) is 14.4 Å². The molecule has 3 fully saturated rings. The van der Waals surface area contributed by atoms with Crippen LogP contribution in [0, 0.1) is 39.7 Å². The third-order valence-corrected chi connectivity index (χ3v) is 12.4. The van der Waals surface area contributed by atoms with E-state index in [1.54, 1.807) is 30.0 Å². The fourth-order valence-electron chi connectivity index (χ4n) is 8.10. The first-order valence-electron chi connectivity index (χ1n) is 15.0. The summed E-state index contributed by atoms with van der Waals surface area (Å²) < 4.78 is 6.10. The molecule has 7 atom stereocenters. The number of thiazole rings is 1. The maximum Gasteiger partial charge on any atom is 0.305 e. The van der Waals surface area contributed by atoms with Gasteiger partial charge in [0, 0.05) is 39.4 Å². The number of fused-ring (bicyclic) bond motifs is 9. The van der Waals surface area contributed by atoms with Crippen molar-refractivity contribution in [3.63, 3.8) is 0 Å². The van der Waals surface area contributed by atoms with Gasteiger partial charge in [-0.1, -0.05) is 29.5 Å².